The monoisotopic (exact) mass is 393 g/mol. The lowest BCUT2D eigenvalue weighted by Crippen LogP contribution is -2.46. The predicted molar refractivity (Wildman–Crippen MR) is 117 cm³/mol. The second kappa shape index (κ2) is 8.76. The molecule has 2 aromatic carbocycles. The van der Waals surface area contributed by atoms with Crippen LogP contribution in [0.3, 0.4) is 0 Å². The highest BCUT2D eigenvalue weighted by Crippen LogP contribution is 2.30. The van der Waals surface area contributed by atoms with Gasteiger partial charge in [0.15, 0.2) is 0 Å². The number of hydrogen-bond acceptors (Lipinski definition) is 5. The maximum atomic E-state index is 5.80. The number of aryl methyl sites for hydroxylation is 1. The van der Waals surface area contributed by atoms with Crippen LogP contribution in [0.15, 0.2) is 53.9 Å². The van der Waals surface area contributed by atoms with Gasteiger partial charge in [0.1, 0.15) is 10.8 Å². The third kappa shape index (κ3) is 4.21. The van der Waals surface area contributed by atoms with Gasteiger partial charge in [0, 0.05) is 43.7 Å². The lowest BCUT2D eigenvalue weighted by molar-refractivity contribution is 0.246. The van der Waals surface area contributed by atoms with Gasteiger partial charge in [0.25, 0.3) is 0 Å². The van der Waals surface area contributed by atoms with Crippen molar-refractivity contribution in [1.82, 2.24) is 9.88 Å². The number of ether oxygens (including phenoxy) is 1. The van der Waals surface area contributed by atoms with Crippen LogP contribution < -0.4 is 9.64 Å². The first-order valence-corrected chi connectivity index (χ1v) is 10.8. The average molecular weight is 394 g/mol. The van der Waals surface area contributed by atoms with Gasteiger partial charge in [0.2, 0.25) is 0 Å². The molecule has 0 saturated carbocycles. The fraction of sp³-hybridized carbons (Fsp3) is 0.348. The van der Waals surface area contributed by atoms with Crippen molar-refractivity contribution in [3.05, 3.63) is 65.2 Å². The van der Waals surface area contributed by atoms with Gasteiger partial charge in [-0.1, -0.05) is 36.4 Å². The highest BCUT2D eigenvalue weighted by molar-refractivity contribution is 7.13. The first-order valence-electron chi connectivity index (χ1n) is 9.94. The average Bonchev–Trinajstić information content (AvgIpc) is 3.18. The summed E-state index contributed by atoms with van der Waals surface area (Å²) in [6, 6.07) is 16.8. The molecule has 146 valence electrons. The Hall–Kier alpha value is -2.37. The zero-order chi connectivity index (χ0) is 19.3. The van der Waals surface area contributed by atoms with Crippen molar-refractivity contribution in [3.8, 4) is 16.3 Å². The van der Waals surface area contributed by atoms with Gasteiger partial charge in [-0.3, -0.25) is 4.90 Å². The number of para-hydroxylation sites is 2. The first kappa shape index (κ1) is 19.0. The molecule has 2 heterocycles. The topological polar surface area (TPSA) is 28.6 Å². The lowest BCUT2D eigenvalue weighted by Gasteiger charge is -2.36. The molecule has 0 aliphatic carbocycles. The van der Waals surface area contributed by atoms with Crippen molar-refractivity contribution in [2.75, 3.05) is 37.7 Å². The summed E-state index contributed by atoms with van der Waals surface area (Å²) in [5.74, 6) is 0.987. The molecule has 5 heteroatoms. The van der Waals surface area contributed by atoms with Gasteiger partial charge in [0.05, 0.1) is 18.0 Å². The summed E-state index contributed by atoms with van der Waals surface area (Å²) < 4.78 is 5.80. The van der Waals surface area contributed by atoms with Crippen molar-refractivity contribution < 1.29 is 4.74 Å². The maximum absolute atomic E-state index is 5.80. The van der Waals surface area contributed by atoms with Crippen molar-refractivity contribution in [2.45, 2.75) is 20.4 Å². The summed E-state index contributed by atoms with van der Waals surface area (Å²) in [4.78, 5) is 9.82. The molecule has 4 nitrogen and oxygen atoms in total. The molecule has 28 heavy (non-hydrogen) atoms. The molecule has 1 aliphatic heterocycles. The van der Waals surface area contributed by atoms with E-state index in [4.69, 9.17) is 9.72 Å². The molecular formula is C23H27N3OS. The van der Waals surface area contributed by atoms with Crippen LogP contribution in [0.25, 0.3) is 10.6 Å². The number of aromatic nitrogens is 1. The van der Waals surface area contributed by atoms with E-state index in [1.807, 2.05) is 13.0 Å². The van der Waals surface area contributed by atoms with Crippen LogP contribution in [0, 0.1) is 6.92 Å². The fourth-order valence-corrected chi connectivity index (χ4v) is 4.59. The van der Waals surface area contributed by atoms with Gasteiger partial charge < -0.3 is 9.64 Å². The minimum absolute atomic E-state index is 0.698. The van der Waals surface area contributed by atoms with Crippen LogP contribution in [-0.4, -0.2) is 42.7 Å². The molecule has 0 N–H and O–H groups in total. The molecule has 0 amide bonds. The van der Waals surface area contributed by atoms with E-state index in [-0.39, 0.29) is 0 Å². The minimum Gasteiger partial charge on any atom is -0.492 e. The second-order valence-corrected chi connectivity index (χ2v) is 7.98. The standard InChI is InChI=1S/C23H27N3OS/c1-3-27-22-11-7-6-10-21(22)26-14-12-25(13-15-26)16-19-17-28-23(24-19)20-9-5-4-8-18(20)2/h4-11,17H,3,12-16H2,1-2H3. The Morgan fingerprint density at radius 2 is 1.75 bits per heavy atom. The van der Waals surface area contributed by atoms with E-state index >= 15 is 0 Å². The highest BCUT2D eigenvalue weighted by atomic mass is 32.1. The van der Waals surface area contributed by atoms with Gasteiger partial charge in [-0.15, -0.1) is 11.3 Å². The SMILES string of the molecule is CCOc1ccccc1N1CCN(Cc2csc(-c3ccccc3C)n2)CC1. The molecule has 1 fully saturated rings. The van der Waals surface area contributed by atoms with Crippen LogP contribution in [0.5, 0.6) is 5.75 Å². The molecule has 0 radical (unpaired) electrons. The van der Waals surface area contributed by atoms with Crippen molar-refractivity contribution in [1.29, 1.82) is 0 Å². The summed E-state index contributed by atoms with van der Waals surface area (Å²) in [5, 5.41) is 3.33. The van der Waals surface area contributed by atoms with E-state index in [0.29, 0.717) is 6.61 Å². The summed E-state index contributed by atoms with van der Waals surface area (Å²) in [5.41, 5.74) is 4.91. The Bertz CT molecular complexity index is 915. The van der Waals surface area contributed by atoms with Crippen LogP contribution >= 0.6 is 11.3 Å². The van der Waals surface area contributed by atoms with Gasteiger partial charge in [-0.2, -0.15) is 0 Å². The Morgan fingerprint density at radius 3 is 2.54 bits per heavy atom. The molecule has 1 saturated heterocycles. The van der Waals surface area contributed by atoms with Crippen LogP contribution in [0.4, 0.5) is 5.69 Å². The van der Waals surface area contributed by atoms with Crippen molar-refractivity contribution in [3.63, 3.8) is 0 Å². The van der Waals surface area contributed by atoms with Crippen molar-refractivity contribution in [2.24, 2.45) is 0 Å². The van der Waals surface area contributed by atoms with E-state index in [1.54, 1.807) is 11.3 Å². The largest absolute Gasteiger partial charge is 0.492 e. The summed E-state index contributed by atoms with van der Waals surface area (Å²) in [7, 11) is 0. The highest BCUT2D eigenvalue weighted by Gasteiger charge is 2.20. The normalized spacial score (nSPS) is 15.0. The molecule has 0 unspecified atom stereocenters. The summed E-state index contributed by atoms with van der Waals surface area (Å²) in [6.45, 7) is 9.91. The zero-order valence-electron chi connectivity index (χ0n) is 16.6. The Kier molecular flexibility index (Phi) is 5.93. The second-order valence-electron chi connectivity index (χ2n) is 7.12. The number of rotatable bonds is 6. The Morgan fingerprint density at radius 1 is 1.00 bits per heavy atom. The molecule has 1 aliphatic rings. The number of benzene rings is 2. The Labute approximate surface area is 171 Å². The van der Waals surface area contributed by atoms with E-state index < -0.39 is 0 Å². The third-order valence-electron chi connectivity index (χ3n) is 5.19. The molecule has 3 aromatic rings. The molecule has 4 rings (SSSR count). The number of nitrogens with zero attached hydrogens (tertiary/aromatic N) is 3. The molecule has 1 aromatic heterocycles. The number of thiazole rings is 1. The molecule has 0 spiro atoms. The number of anilines is 1. The summed E-state index contributed by atoms with van der Waals surface area (Å²) in [6.07, 6.45) is 0. The van der Waals surface area contributed by atoms with E-state index in [0.717, 1.165) is 43.5 Å². The van der Waals surface area contributed by atoms with E-state index in [9.17, 15) is 0 Å². The third-order valence-corrected chi connectivity index (χ3v) is 6.12. The molecular weight excluding hydrogens is 366 g/mol. The smallest absolute Gasteiger partial charge is 0.142 e. The quantitative estimate of drug-likeness (QED) is 0.599. The molecule has 0 atom stereocenters. The van der Waals surface area contributed by atoms with Crippen LogP contribution in [-0.2, 0) is 6.54 Å². The first-order chi connectivity index (χ1) is 13.7. The fourth-order valence-electron chi connectivity index (χ4n) is 3.69. The van der Waals surface area contributed by atoms with Crippen LogP contribution in [0.1, 0.15) is 18.2 Å². The maximum Gasteiger partial charge on any atom is 0.142 e. The van der Waals surface area contributed by atoms with E-state index in [1.165, 1.54) is 22.5 Å². The van der Waals surface area contributed by atoms with Gasteiger partial charge in [-0.25, -0.2) is 4.98 Å². The van der Waals surface area contributed by atoms with E-state index in [2.05, 4.69) is 64.6 Å². The van der Waals surface area contributed by atoms with Crippen LogP contribution in [0.2, 0.25) is 0 Å². The minimum atomic E-state index is 0.698. The number of piperazine rings is 1. The Balaban J connectivity index is 1.37. The lowest BCUT2D eigenvalue weighted by atomic mass is 10.1. The zero-order valence-corrected chi connectivity index (χ0v) is 17.4. The number of hydrogen-bond donors (Lipinski definition) is 0. The van der Waals surface area contributed by atoms with Crippen molar-refractivity contribution >= 4 is 17.0 Å². The molecule has 0 bridgehead atoms. The predicted octanol–water partition coefficient (Wildman–Crippen LogP) is 4.84. The van der Waals surface area contributed by atoms with Gasteiger partial charge in [-0.05, 0) is 31.5 Å². The summed E-state index contributed by atoms with van der Waals surface area (Å²) >= 11 is 1.75. The van der Waals surface area contributed by atoms with Gasteiger partial charge >= 0.3 is 0 Å².